The first-order chi connectivity index (χ1) is 12.6. The minimum absolute atomic E-state index is 0.0861. The number of nitrogens with one attached hydrogen (secondary N) is 1. The molecule has 5 nitrogen and oxygen atoms in total. The van der Waals surface area contributed by atoms with Crippen LogP contribution in [-0.4, -0.2) is 25.5 Å². The number of hydrogen-bond donors (Lipinski definition) is 1. The number of hydrogen-bond acceptors (Lipinski definition) is 5. The monoisotopic (exact) mass is 355 g/mol. The maximum absolute atomic E-state index is 12.8. The van der Waals surface area contributed by atoms with Gasteiger partial charge in [-0.1, -0.05) is 25.1 Å². The number of rotatable bonds is 5. The van der Waals surface area contributed by atoms with E-state index in [0.29, 0.717) is 29.9 Å². The molecule has 1 N–H and O–H groups in total. The summed E-state index contributed by atoms with van der Waals surface area (Å²) < 4.78 is 11.0. The van der Waals surface area contributed by atoms with Crippen molar-refractivity contribution in [2.45, 2.75) is 45.4 Å². The Morgan fingerprint density at radius 2 is 2.04 bits per heavy atom. The van der Waals surface area contributed by atoms with Crippen LogP contribution < -0.4 is 10.1 Å². The highest BCUT2D eigenvalue weighted by molar-refractivity contribution is 6.03. The second-order valence-corrected chi connectivity index (χ2v) is 6.64. The number of para-hydroxylation sites is 1. The van der Waals surface area contributed by atoms with Crippen molar-refractivity contribution in [3.05, 3.63) is 52.4 Å². The number of allylic oxidation sites excluding steroid dienone is 3. The first-order valence-electron chi connectivity index (χ1n) is 9.12. The molecule has 26 heavy (non-hydrogen) atoms. The van der Waals surface area contributed by atoms with Gasteiger partial charge in [0.05, 0.1) is 25.2 Å². The molecule has 1 aromatic rings. The molecule has 1 aromatic carbocycles. The van der Waals surface area contributed by atoms with E-state index in [0.717, 1.165) is 36.2 Å². The normalized spacial score (nSPS) is 19.8. The summed E-state index contributed by atoms with van der Waals surface area (Å²) in [4.78, 5) is 25.4. The lowest BCUT2D eigenvalue weighted by Crippen LogP contribution is -2.34. The fourth-order valence-corrected chi connectivity index (χ4v) is 3.74. The molecule has 1 heterocycles. The van der Waals surface area contributed by atoms with Gasteiger partial charge < -0.3 is 14.8 Å². The van der Waals surface area contributed by atoms with Crippen molar-refractivity contribution in [1.82, 2.24) is 5.32 Å². The van der Waals surface area contributed by atoms with Crippen molar-refractivity contribution in [2.75, 3.05) is 13.7 Å². The van der Waals surface area contributed by atoms with Crippen LogP contribution in [0, 0.1) is 0 Å². The minimum Gasteiger partial charge on any atom is -0.493 e. The summed E-state index contributed by atoms with van der Waals surface area (Å²) in [5.41, 5.74) is 3.65. The molecule has 0 radical (unpaired) electrons. The fourth-order valence-electron chi connectivity index (χ4n) is 3.74. The van der Waals surface area contributed by atoms with Gasteiger partial charge in [0.25, 0.3) is 0 Å². The van der Waals surface area contributed by atoms with Gasteiger partial charge in [0.1, 0.15) is 5.75 Å². The Hall–Kier alpha value is -2.56. The highest BCUT2D eigenvalue weighted by atomic mass is 16.5. The molecule has 2 aliphatic rings. The molecular weight excluding hydrogens is 330 g/mol. The van der Waals surface area contributed by atoms with Crippen LogP contribution in [0.4, 0.5) is 0 Å². The van der Waals surface area contributed by atoms with Gasteiger partial charge in [0, 0.05) is 29.0 Å². The summed E-state index contributed by atoms with van der Waals surface area (Å²) in [6.45, 7) is 4.48. The molecule has 1 atom stereocenters. The second-order valence-electron chi connectivity index (χ2n) is 6.64. The van der Waals surface area contributed by atoms with Crippen molar-refractivity contribution in [2.24, 2.45) is 0 Å². The van der Waals surface area contributed by atoms with E-state index in [2.05, 4.69) is 5.32 Å². The topological polar surface area (TPSA) is 64.6 Å². The van der Waals surface area contributed by atoms with Gasteiger partial charge in [0.15, 0.2) is 5.78 Å². The molecule has 0 bridgehead atoms. The van der Waals surface area contributed by atoms with E-state index in [1.54, 1.807) is 0 Å². The molecule has 138 valence electrons. The number of benzene rings is 1. The number of ether oxygens (including phenoxy) is 2. The van der Waals surface area contributed by atoms with Crippen LogP contribution in [0.5, 0.6) is 5.75 Å². The predicted molar refractivity (Wildman–Crippen MR) is 98.7 cm³/mol. The molecule has 3 rings (SSSR count). The smallest absolute Gasteiger partial charge is 0.336 e. The zero-order chi connectivity index (χ0) is 18.7. The van der Waals surface area contributed by atoms with Gasteiger partial charge >= 0.3 is 5.97 Å². The van der Waals surface area contributed by atoms with Crippen LogP contribution in [0.1, 0.15) is 51.0 Å². The van der Waals surface area contributed by atoms with Crippen molar-refractivity contribution >= 4 is 11.8 Å². The van der Waals surface area contributed by atoms with Crippen LogP contribution in [0.2, 0.25) is 0 Å². The van der Waals surface area contributed by atoms with Crippen LogP contribution in [0.15, 0.2) is 46.8 Å². The van der Waals surface area contributed by atoms with Crippen molar-refractivity contribution in [1.29, 1.82) is 0 Å². The largest absolute Gasteiger partial charge is 0.493 e. The summed E-state index contributed by atoms with van der Waals surface area (Å²) in [5.74, 6) is -0.0848. The second kappa shape index (κ2) is 7.77. The SMILES string of the molecule is CCCOc1ccccc1[C@@H]1C(C(=O)OC)=C(C)NC2=C1C(=O)CCC2. The van der Waals surface area contributed by atoms with Crippen LogP contribution >= 0.6 is 0 Å². The van der Waals surface area contributed by atoms with Crippen molar-refractivity contribution in [3.63, 3.8) is 0 Å². The summed E-state index contributed by atoms with van der Waals surface area (Å²) in [5, 5.41) is 3.27. The number of ketones is 1. The molecule has 0 saturated heterocycles. The summed E-state index contributed by atoms with van der Waals surface area (Å²) in [6, 6.07) is 7.64. The average molecular weight is 355 g/mol. The molecule has 0 unspecified atom stereocenters. The molecule has 0 saturated carbocycles. The Kier molecular flexibility index (Phi) is 5.45. The van der Waals surface area contributed by atoms with E-state index in [9.17, 15) is 9.59 Å². The maximum Gasteiger partial charge on any atom is 0.336 e. The Bertz CT molecular complexity index is 791. The van der Waals surface area contributed by atoms with Crippen molar-refractivity contribution in [3.8, 4) is 5.75 Å². The zero-order valence-corrected chi connectivity index (χ0v) is 15.6. The average Bonchev–Trinajstić information content (AvgIpc) is 2.65. The Balaban J connectivity index is 2.18. The lowest BCUT2D eigenvalue weighted by Gasteiger charge is -2.34. The van der Waals surface area contributed by atoms with E-state index in [4.69, 9.17) is 9.47 Å². The number of esters is 1. The lowest BCUT2D eigenvalue weighted by molar-refractivity contribution is -0.136. The third-order valence-corrected chi connectivity index (χ3v) is 4.87. The third-order valence-electron chi connectivity index (χ3n) is 4.87. The molecule has 0 fully saturated rings. The third kappa shape index (κ3) is 3.26. The Morgan fingerprint density at radius 1 is 1.27 bits per heavy atom. The highest BCUT2D eigenvalue weighted by Gasteiger charge is 2.40. The number of Topliss-reactive ketones (excluding diaryl/α,β-unsaturated/α-hetero) is 1. The predicted octanol–water partition coefficient (Wildman–Crippen LogP) is 3.62. The molecule has 1 aliphatic heterocycles. The summed E-state index contributed by atoms with van der Waals surface area (Å²) in [6.07, 6.45) is 3.02. The van der Waals surface area contributed by atoms with Crippen molar-refractivity contribution < 1.29 is 19.1 Å². The quantitative estimate of drug-likeness (QED) is 0.818. The summed E-state index contributed by atoms with van der Waals surface area (Å²) >= 11 is 0. The molecule has 1 aliphatic carbocycles. The van der Waals surface area contributed by atoms with Crippen LogP contribution in [0.3, 0.4) is 0 Å². The first kappa shape index (κ1) is 18.2. The molecule has 0 amide bonds. The number of carbonyl (C=O) groups excluding carboxylic acids is 2. The fraction of sp³-hybridized carbons (Fsp3) is 0.429. The van der Waals surface area contributed by atoms with E-state index in [1.165, 1.54) is 7.11 Å². The van der Waals surface area contributed by atoms with Crippen LogP contribution in [0.25, 0.3) is 0 Å². The van der Waals surface area contributed by atoms with Crippen LogP contribution in [-0.2, 0) is 14.3 Å². The van der Waals surface area contributed by atoms with Gasteiger partial charge in [-0.15, -0.1) is 0 Å². The van der Waals surface area contributed by atoms with Gasteiger partial charge in [-0.05, 0) is 32.3 Å². The molecule has 5 heteroatoms. The molecule has 0 spiro atoms. The van der Waals surface area contributed by atoms with E-state index < -0.39 is 11.9 Å². The Labute approximate surface area is 154 Å². The first-order valence-corrected chi connectivity index (χ1v) is 9.12. The van der Waals surface area contributed by atoms with Gasteiger partial charge in [-0.25, -0.2) is 4.79 Å². The Morgan fingerprint density at radius 3 is 2.77 bits per heavy atom. The maximum atomic E-state index is 12.8. The molecule has 0 aromatic heterocycles. The van der Waals surface area contributed by atoms with E-state index >= 15 is 0 Å². The zero-order valence-electron chi connectivity index (χ0n) is 15.6. The number of methoxy groups -OCH3 is 1. The highest BCUT2D eigenvalue weighted by Crippen LogP contribution is 2.45. The minimum atomic E-state index is -0.459. The van der Waals surface area contributed by atoms with E-state index in [1.807, 2.05) is 38.1 Å². The van der Waals surface area contributed by atoms with Gasteiger partial charge in [0.2, 0.25) is 0 Å². The van der Waals surface area contributed by atoms with Gasteiger partial charge in [-0.2, -0.15) is 0 Å². The molecular formula is C21H25NO4. The summed E-state index contributed by atoms with van der Waals surface area (Å²) in [7, 11) is 1.37. The lowest BCUT2D eigenvalue weighted by atomic mass is 9.75. The standard InChI is InChI=1S/C21H25NO4/c1-4-12-26-17-11-6-5-8-14(17)19-18(21(24)25-3)13(2)22-15-9-7-10-16(23)20(15)19/h5-6,8,11,19,22H,4,7,9-10,12H2,1-3H3/t19-/m1/s1. The van der Waals surface area contributed by atoms with E-state index in [-0.39, 0.29) is 5.78 Å². The number of carbonyl (C=O) groups is 2. The number of dihydropyridines is 1. The van der Waals surface area contributed by atoms with Gasteiger partial charge in [-0.3, -0.25) is 4.79 Å².